The molecule has 0 radical (unpaired) electrons. The predicted octanol–water partition coefficient (Wildman–Crippen LogP) is 6.61. The molecule has 1 aliphatic heterocycles. The molecule has 3 unspecified atom stereocenters. The monoisotopic (exact) mass is 770 g/mol. The van der Waals surface area contributed by atoms with E-state index in [9.17, 15) is 14.4 Å². The minimum Gasteiger partial charge on any atom is -0.356 e. The molecule has 1 saturated heterocycles. The molecule has 1 aromatic heterocycles. The number of hydrogen-bond acceptors (Lipinski definition) is 6. The number of fused-ring (bicyclic) bond motifs is 1. The van der Waals surface area contributed by atoms with Gasteiger partial charge in [-0.15, -0.1) is 0 Å². The molecule has 248 valence electrons. The summed E-state index contributed by atoms with van der Waals surface area (Å²) < 4.78 is 38.2. The Kier molecular flexibility index (Phi) is 8.82. The maximum atomic E-state index is 17.1. The SMILES string of the molecule is CC1(C)OC2C(COC(c3ccccc3)(c3ccccc3)c3ccccc3)=C(F)C(n3cc(I)c(=O)n(C(=O)c4ccccc4)c3=O)C2O1. The van der Waals surface area contributed by atoms with Gasteiger partial charge in [-0.2, -0.15) is 4.57 Å². The number of carbonyl (C=O) groups excluding carboxylic acids is 1. The Hall–Kier alpha value is -4.49. The van der Waals surface area contributed by atoms with Crippen molar-refractivity contribution in [3.05, 3.63) is 186 Å². The molecule has 0 amide bonds. The van der Waals surface area contributed by atoms with Crippen molar-refractivity contribution in [1.29, 1.82) is 0 Å². The molecule has 1 fully saturated rings. The zero-order valence-corrected chi connectivity index (χ0v) is 28.8. The fourth-order valence-electron chi connectivity index (χ4n) is 6.78. The third-order valence-corrected chi connectivity index (χ3v) is 9.67. The number of benzene rings is 4. The van der Waals surface area contributed by atoms with Gasteiger partial charge in [-0.25, -0.2) is 9.18 Å². The average Bonchev–Trinajstić information content (AvgIpc) is 3.56. The first-order valence-electron chi connectivity index (χ1n) is 15.8. The molecule has 0 N–H and O–H groups in total. The largest absolute Gasteiger partial charge is 0.356 e. The first kappa shape index (κ1) is 33.0. The quantitative estimate of drug-likeness (QED) is 0.131. The zero-order valence-electron chi connectivity index (χ0n) is 26.7. The van der Waals surface area contributed by atoms with Gasteiger partial charge >= 0.3 is 5.69 Å². The van der Waals surface area contributed by atoms with Gasteiger partial charge in [0.1, 0.15) is 29.7 Å². The van der Waals surface area contributed by atoms with Crippen LogP contribution >= 0.6 is 22.6 Å². The molecule has 2 heterocycles. The van der Waals surface area contributed by atoms with Crippen LogP contribution in [0.3, 0.4) is 0 Å². The molecule has 8 nitrogen and oxygen atoms in total. The molecule has 0 spiro atoms. The molecule has 0 bridgehead atoms. The van der Waals surface area contributed by atoms with Crippen molar-refractivity contribution in [1.82, 2.24) is 9.13 Å². The molecule has 0 saturated carbocycles. The second-order valence-corrected chi connectivity index (χ2v) is 13.5. The van der Waals surface area contributed by atoms with E-state index in [1.807, 2.05) is 91.0 Å². The fourth-order valence-corrected chi connectivity index (χ4v) is 7.32. The number of rotatable bonds is 8. The summed E-state index contributed by atoms with van der Waals surface area (Å²) >= 11 is 1.76. The lowest BCUT2D eigenvalue weighted by atomic mass is 9.80. The molecular weight excluding hydrogens is 738 g/mol. The molecule has 49 heavy (non-hydrogen) atoms. The number of ether oxygens (including phenoxy) is 3. The lowest BCUT2D eigenvalue weighted by molar-refractivity contribution is -0.150. The van der Waals surface area contributed by atoms with Gasteiger partial charge in [0.15, 0.2) is 5.79 Å². The molecule has 7 rings (SSSR count). The van der Waals surface area contributed by atoms with Gasteiger partial charge in [0.2, 0.25) is 0 Å². The van der Waals surface area contributed by atoms with Crippen LogP contribution in [0.4, 0.5) is 4.39 Å². The summed E-state index contributed by atoms with van der Waals surface area (Å²) in [5, 5.41) is 0. The normalized spacial score (nSPS) is 20.0. The summed E-state index contributed by atoms with van der Waals surface area (Å²) in [6, 6.07) is 35.8. The van der Waals surface area contributed by atoms with E-state index in [0.29, 0.717) is 4.57 Å². The van der Waals surface area contributed by atoms with Gasteiger partial charge in [0.05, 0.1) is 10.2 Å². The second-order valence-electron chi connectivity index (χ2n) is 12.4. The Labute approximate surface area is 295 Å². The van der Waals surface area contributed by atoms with Crippen LogP contribution in [-0.2, 0) is 19.8 Å². The number of hydrogen-bond donors (Lipinski definition) is 0. The highest BCUT2D eigenvalue weighted by Crippen LogP contribution is 2.49. The van der Waals surface area contributed by atoms with Crippen molar-refractivity contribution >= 4 is 28.5 Å². The summed E-state index contributed by atoms with van der Waals surface area (Å²) in [6.45, 7) is 3.21. The van der Waals surface area contributed by atoms with E-state index in [1.165, 1.54) is 18.3 Å². The number of carbonyl (C=O) groups is 1. The van der Waals surface area contributed by atoms with E-state index in [0.717, 1.165) is 21.3 Å². The van der Waals surface area contributed by atoms with Gasteiger partial charge in [-0.1, -0.05) is 109 Å². The summed E-state index contributed by atoms with van der Waals surface area (Å²) in [5.41, 5.74) is -0.114. The third kappa shape index (κ3) is 5.82. The van der Waals surface area contributed by atoms with Crippen molar-refractivity contribution < 1.29 is 23.4 Å². The van der Waals surface area contributed by atoms with Gasteiger partial charge in [0, 0.05) is 17.3 Å². The first-order chi connectivity index (χ1) is 23.6. The van der Waals surface area contributed by atoms with Crippen LogP contribution in [0, 0.1) is 3.57 Å². The lowest BCUT2D eigenvalue weighted by Crippen LogP contribution is -2.47. The van der Waals surface area contributed by atoms with Crippen LogP contribution in [0.15, 0.2) is 149 Å². The van der Waals surface area contributed by atoms with E-state index in [4.69, 9.17) is 14.2 Å². The zero-order chi connectivity index (χ0) is 34.3. The summed E-state index contributed by atoms with van der Waals surface area (Å²) in [6.07, 6.45) is -0.642. The van der Waals surface area contributed by atoms with Gasteiger partial charge < -0.3 is 14.2 Å². The van der Waals surface area contributed by atoms with Crippen LogP contribution in [-0.4, -0.2) is 39.6 Å². The Morgan fingerprint density at radius 2 is 1.31 bits per heavy atom. The van der Waals surface area contributed by atoms with Crippen LogP contribution in [0.5, 0.6) is 0 Å². The highest BCUT2D eigenvalue weighted by molar-refractivity contribution is 14.1. The minimum atomic E-state index is -1.33. The van der Waals surface area contributed by atoms with Crippen molar-refractivity contribution in [2.75, 3.05) is 6.61 Å². The highest BCUT2D eigenvalue weighted by atomic mass is 127. The Balaban J connectivity index is 1.36. The van der Waals surface area contributed by atoms with E-state index < -0.39 is 52.6 Å². The van der Waals surface area contributed by atoms with Crippen molar-refractivity contribution in [2.24, 2.45) is 0 Å². The second kappa shape index (κ2) is 13.1. The van der Waals surface area contributed by atoms with Gasteiger partial charge in [0.25, 0.3) is 11.5 Å². The Morgan fingerprint density at radius 3 is 1.82 bits per heavy atom. The summed E-state index contributed by atoms with van der Waals surface area (Å²) in [7, 11) is 0. The maximum absolute atomic E-state index is 17.1. The van der Waals surface area contributed by atoms with Crippen LogP contribution in [0.2, 0.25) is 0 Å². The summed E-state index contributed by atoms with van der Waals surface area (Å²) in [5.74, 6) is -2.63. The van der Waals surface area contributed by atoms with E-state index in [1.54, 1.807) is 54.6 Å². The molecule has 1 aliphatic carbocycles. The molecule has 4 aromatic carbocycles. The fraction of sp³-hybridized carbons (Fsp3) is 0.205. The molecule has 10 heteroatoms. The molecule has 2 aliphatic rings. The molecular formula is C39H32FIN2O6. The van der Waals surface area contributed by atoms with E-state index in [-0.39, 0.29) is 21.3 Å². The third-order valence-electron chi connectivity index (χ3n) is 8.93. The Bertz CT molecular complexity index is 2050. The first-order valence-corrected chi connectivity index (χ1v) is 16.9. The van der Waals surface area contributed by atoms with Crippen LogP contribution < -0.4 is 11.2 Å². The van der Waals surface area contributed by atoms with E-state index >= 15 is 4.39 Å². The van der Waals surface area contributed by atoms with Crippen LogP contribution in [0.25, 0.3) is 0 Å². The van der Waals surface area contributed by atoms with Gasteiger partial charge in [-0.05, 0) is 65.3 Å². The minimum absolute atomic E-state index is 0.0601. The topological polar surface area (TPSA) is 88.8 Å². The molecule has 3 atom stereocenters. The average molecular weight is 771 g/mol. The smallest absolute Gasteiger partial charge is 0.339 e. The number of aromatic nitrogens is 2. The number of nitrogens with zero attached hydrogens (tertiary/aromatic N) is 2. The maximum Gasteiger partial charge on any atom is 0.339 e. The van der Waals surface area contributed by atoms with Crippen molar-refractivity contribution in [3.8, 4) is 0 Å². The Morgan fingerprint density at radius 1 is 0.816 bits per heavy atom. The summed E-state index contributed by atoms with van der Waals surface area (Å²) in [4.78, 5) is 40.7. The van der Waals surface area contributed by atoms with Crippen molar-refractivity contribution in [3.63, 3.8) is 0 Å². The predicted molar refractivity (Wildman–Crippen MR) is 190 cm³/mol. The standard InChI is InChI=1S/C39H32FIN2O6/c1-38(2)48-33-29(24-47-39(26-17-9-4-10-18-26,27-19-11-5-12-20-27)28-21-13-6-14-22-28)31(40)32(34(33)49-38)42-23-30(41)36(45)43(37(42)46)35(44)25-15-7-3-8-16-25/h3-23,32-34H,24H2,1-2H3. The highest BCUT2D eigenvalue weighted by Gasteiger charge is 2.56. The van der Waals surface area contributed by atoms with Gasteiger partial charge in [-0.3, -0.25) is 14.2 Å². The van der Waals surface area contributed by atoms with E-state index in [2.05, 4.69) is 0 Å². The molecule has 5 aromatic rings. The van der Waals surface area contributed by atoms with Crippen molar-refractivity contribution in [2.45, 2.75) is 43.5 Å². The van der Waals surface area contributed by atoms with Crippen LogP contribution in [0.1, 0.15) is 46.9 Å². The lowest BCUT2D eigenvalue weighted by Gasteiger charge is -2.36. The number of halogens is 2.